The van der Waals surface area contributed by atoms with Gasteiger partial charge in [0.1, 0.15) is 19.5 Å². The number of nitro groups is 1. The summed E-state index contributed by atoms with van der Waals surface area (Å²) in [6.45, 7) is 1.92. The molecule has 3 aromatic rings. The summed E-state index contributed by atoms with van der Waals surface area (Å²) in [5, 5.41) is 43.6. The zero-order valence-electron chi connectivity index (χ0n) is 28.2. The molecule has 0 aliphatic carbocycles. The first-order chi connectivity index (χ1) is 25.8. The Kier molecular flexibility index (Phi) is 16.2. The van der Waals surface area contributed by atoms with Crippen LogP contribution in [0.25, 0.3) is 11.1 Å². The summed E-state index contributed by atoms with van der Waals surface area (Å²) >= 11 is 3.34. The van der Waals surface area contributed by atoms with Gasteiger partial charge in [-0.05, 0) is 60.2 Å². The molecule has 0 radical (unpaired) electrons. The highest BCUT2D eigenvalue weighted by atomic mass is 32.2. The molecule has 3 aromatic carbocycles. The molecule has 1 aliphatic heterocycles. The van der Waals surface area contributed by atoms with E-state index in [1.54, 1.807) is 24.5 Å². The number of nitro benzene ring substituents is 1. The highest BCUT2D eigenvalue weighted by Gasteiger charge is 2.43. The number of guanidine groups is 1. The number of alkyl halides is 6. The number of carboxylic acid groups (broad SMARTS) is 2. The fourth-order valence-corrected chi connectivity index (χ4v) is 8.12. The van der Waals surface area contributed by atoms with Crippen LogP contribution in [0.5, 0.6) is 0 Å². The minimum Gasteiger partial charge on any atom is -0.475 e. The van der Waals surface area contributed by atoms with E-state index in [2.05, 4.69) is 5.32 Å². The maximum atomic E-state index is 13.9. The number of aliphatic carboxylic acids is 2. The minimum absolute atomic E-state index is 0.171. The van der Waals surface area contributed by atoms with Crippen molar-refractivity contribution < 1.29 is 67.9 Å². The van der Waals surface area contributed by atoms with Gasteiger partial charge in [-0.2, -0.15) is 39.0 Å². The van der Waals surface area contributed by atoms with Crippen LogP contribution < -0.4 is 16.8 Å². The second kappa shape index (κ2) is 19.4. The van der Waals surface area contributed by atoms with Gasteiger partial charge in [0.15, 0.2) is 18.0 Å². The van der Waals surface area contributed by atoms with E-state index >= 15 is 0 Å². The average molecular weight is 873 g/mol. The Bertz CT molecular complexity index is 2160. The fraction of sp³-hybridized carbons (Fsp3) is 0.167. The molecule has 0 saturated carbocycles. The number of rotatable bonds is 10. The molecule has 302 valence electrons. The maximum absolute atomic E-state index is 13.9. The number of allylic oxidation sites excluding steroid dienone is 1. The Morgan fingerprint density at radius 3 is 2.02 bits per heavy atom. The molecule has 0 bridgehead atoms. The van der Waals surface area contributed by atoms with E-state index in [4.69, 9.17) is 46.4 Å². The Labute approximate surface area is 325 Å². The lowest BCUT2D eigenvalue weighted by Crippen LogP contribution is -2.29. The Morgan fingerprint density at radius 2 is 1.54 bits per heavy atom. The largest absolute Gasteiger partial charge is 0.490 e. The van der Waals surface area contributed by atoms with Crippen molar-refractivity contribution in [2.45, 2.75) is 33.6 Å². The van der Waals surface area contributed by atoms with Crippen LogP contribution in [-0.2, 0) is 23.9 Å². The molecular formula is C30H28F6N7O9S4+. The first-order valence-corrected chi connectivity index (χ1v) is 18.8. The third kappa shape index (κ3) is 13.4. The molecule has 1 heterocycles. The average Bonchev–Trinajstić information content (AvgIpc) is 3.52. The van der Waals surface area contributed by atoms with E-state index < -0.39 is 43.8 Å². The van der Waals surface area contributed by atoms with E-state index in [0.717, 1.165) is 38.9 Å². The first kappa shape index (κ1) is 46.7. The third-order valence-electron chi connectivity index (χ3n) is 6.33. The highest BCUT2D eigenvalue weighted by molar-refractivity contribution is 8.20. The molecule has 0 aromatic heterocycles. The van der Waals surface area contributed by atoms with Crippen LogP contribution >= 0.6 is 35.6 Å². The van der Waals surface area contributed by atoms with Crippen LogP contribution in [0.4, 0.5) is 37.7 Å². The lowest BCUT2D eigenvalue weighted by Gasteiger charge is -2.11. The standard InChI is InChI=1S/C26H26N7O5S4.2C2HF3O2/c1-15-11-17(31-26(29)30)9-10-21(15)16-5-3-7-19(12-16)41-38-33(22-14-23(24(27)28)40-25(22)39-2)42(36,37)20-8-4-6-18(13-20)32(34)35;2*3-2(4,5)1(6)7/h3-14,25H,1-2H3,(H3,27,28)(H4,29,30,31);2*(H,6,7)/q+1;;. The molecule has 0 spiro atoms. The van der Waals surface area contributed by atoms with Gasteiger partial charge in [-0.15, -0.1) is 11.8 Å². The number of amidine groups is 1. The summed E-state index contributed by atoms with van der Waals surface area (Å²) in [7, 11) is -4.45. The van der Waals surface area contributed by atoms with Crippen LogP contribution in [-0.4, -0.2) is 80.3 Å². The number of benzene rings is 3. The third-order valence-corrected chi connectivity index (χ3v) is 11.2. The van der Waals surface area contributed by atoms with Gasteiger partial charge in [0.25, 0.3) is 11.4 Å². The molecular weight excluding hydrogens is 845 g/mol. The molecule has 0 amide bonds. The summed E-state index contributed by atoms with van der Waals surface area (Å²) in [6, 6.07) is 17.5. The van der Waals surface area contributed by atoms with E-state index in [1.807, 2.05) is 31.2 Å². The zero-order valence-corrected chi connectivity index (χ0v) is 31.5. The summed E-state index contributed by atoms with van der Waals surface area (Å²) in [6.07, 6.45) is -6.91. The summed E-state index contributed by atoms with van der Waals surface area (Å²) in [5.74, 6) is -5.91. The lowest BCUT2D eigenvalue weighted by atomic mass is 10.00. The van der Waals surface area contributed by atoms with Gasteiger partial charge < -0.3 is 27.0 Å². The van der Waals surface area contributed by atoms with Gasteiger partial charge in [-0.1, -0.05) is 36.0 Å². The number of sulfonamides is 1. The molecule has 1 aliphatic rings. The second-order valence-corrected chi connectivity index (χ2v) is 15.3. The number of hydrogen-bond donors (Lipinski definition) is 7. The van der Waals surface area contributed by atoms with Crippen LogP contribution in [0, 0.1) is 27.9 Å². The number of nitrogens with two attached hydrogens (primary N) is 2. The van der Waals surface area contributed by atoms with Crippen molar-refractivity contribution in [3.05, 3.63) is 93.4 Å². The molecule has 0 saturated heterocycles. The second-order valence-electron chi connectivity index (χ2n) is 10.4. The maximum Gasteiger partial charge on any atom is 0.490 e. The normalized spacial score (nSPS) is 14.8. The van der Waals surface area contributed by atoms with Crippen LogP contribution in [0.15, 0.2) is 87.5 Å². The molecule has 26 heteroatoms. The van der Waals surface area contributed by atoms with Crippen molar-refractivity contribution in [1.82, 2.24) is 0 Å². The van der Waals surface area contributed by atoms with E-state index in [0.29, 0.717) is 15.5 Å². The van der Waals surface area contributed by atoms with Gasteiger partial charge in [-0.25, -0.2) is 9.59 Å². The molecule has 56 heavy (non-hydrogen) atoms. The lowest BCUT2D eigenvalue weighted by molar-refractivity contribution is -0.617. The van der Waals surface area contributed by atoms with Crippen molar-refractivity contribution in [3.63, 3.8) is 0 Å². The number of aryl methyl sites for hydroxylation is 1. The Morgan fingerprint density at radius 1 is 0.964 bits per heavy atom. The Hall–Kier alpha value is -5.47. The highest BCUT2D eigenvalue weighted by Crippen LogP contribution is 2.38. The number of non-ortho nitro benzene ring substituents is 1. The number of anilines is 1. The molecule has 9 N–H and O–H groups in total. The predicted octanol–water partition coefficient (Wildman–Crippen LogP) is 6.18. The number of nitrogens with one attached hydrogen (secondary N) is 3. The number of thioether (sulfide) groups is 2. The number of carboxylic acids is 2. The van der Waals surface area contributed by atoms with Gasteiger partial charge in [0.05, 0.1) is 14.7 Å². The quantitative estimate of drug-likeness (QED) is 0.0228. The number of halogens is 6. The van der Waals surface area contributed by atoms with E-state index in [1.165, 1.54) is 47.8 Å². The number of nitrogens with zero attached hydrogens (tertiary/aromatic N) is 2. The number of hydrogen-bond acceptors (Lipinski definition) is 12. The van der Waals surface area contributed by atoms with E-state index in [-0.39, 0.29) is 28.1 Å². The van der Waals surface area contributed by atoms with E-state index in [9.17, 15) is 44.9 Å². The van der Waals surface area contributed by atoms with Gasteiger partial charge >= 0.3 is 34.3 Å². The topological polar surface area (TPSA) is 276 Å². The molecule has 4 rings (SSSR count). The van der Waals surface area contributed by atoms with Crippen molar-refractivity contribution in [3.8, 4) is 11.1 Å². The summed E-state index contributed by atoms with van der Waals surface area (Å²) < 4.78 is 97.4. The van der Waals surface area contributed by atoms with Crippen LogP contribution in [0.2, 0.25) is 0 Å². The molecule has 1 atom stereocenters. The van der Waals surface area contributed by atoms with Crippen LogP contribution in [0.1, 0.15) is 5.56 Å². The molecule has 1 unspecified atom stereocenters. The SMILES string of the molecule is CSC1SC(C(=N)N)=CC1=[N+](OSc1cccc(-c2ccc(NC(=N)N)cc2C)c1)S(=O)(=O)c1cccc([N+](=O)[O-])c1.O=C(O)C(F)(F)F.O=C(O)C(F)(F)F. The van der Waals surface area contributed by atoms with Gasteiger partial charge in [-0.3, -0.25) is 20.9 Å². The molecule has 16 nitrogen and oxygen atoms in total. The number of carbonyl (C=O) groups is 2. The van der Waals surface area contributed by atoms with Crippen LogP contribution in [0.3, 0.4) is 0 Å². The minimum atomic E-state index is -5.08. The van der Waals surface area contributed by atoms with Gasteiger partial charge in [0, 0.05) is 23.9 Å². The zero-order chi connectivity index (χ0) is 42.8. The van der Waals surface area contributed by atoms with Crippen molar-refractivity contribution >= 4 is 86.4 Å². The van der Waals surface area contributed by atoms with Crippen molar-refractivity contribution in [1.29, 1.82) is 10.8 Å². The monoisotopic (exact) mass is 872 g/mol. The summed E-state index contributed by atoms with van der Waals surface area (Å²) in [4.78, 5) is 29.1. The van der Waals surface area contributed by atoms with Crippen molar-refractivity contribution in [2.24, 2.45) is 11.5 Å². The first-order valence-electron chi connectivity index (χ1n) is 14.5. The summed E-state index contributed by atoms with van der Waals surface area (Å²) in [5.41, 5.74) is 14.3. The Balaban J connectivity index is 0.000000657. The smallest absolute Gasteiger partial charge is 0.475 e. The molecule has 0 fully saturated rings. The fourth-order valence-electron chi connectivity index (χ4n) is 3.95. The van der Waals surface area contributed by atoms with Gasteiger partial charge in [0.2, 0.25) is 0 Å². The predicted molar refractivity (Wildman–Crippen MR) is 197 cm³/mol. The van der Waals surface area contributed by atoms with Crippen molar-refractivity contribution in [2.75, 3.05) is 11.6 Å².